The molecule has 1 aromatic carbocycles. The number of aromatic nitrogens is 2. The molecular formula is C15H17BrFN3O. The van der Waals surface area contributed by atoms with Gasteiger partial charge in [-0.15, -0.1) is 0 Å². The number of rotatable bonds is 6. The van der Waals surface area contributed by atoms with Gasteiger partial charge in [-0.05, 0) is 30.7 Å². The molecule has 0 saturated heterocycles. The van der Waals surface area contributed by atoms with E-state index in [1.165, 1.54) is 12.1 Å². The minimum atomic E-state index is -0.454. The molecule has 21 heavy (non-hydrogen) atoms. The van der Waals surface area contributed by atoms with Gasteiger partial charge in [-0.1, -0.05) is 29.8 Å². The number of halogens is 2. The number of nitrogens with zero attached hydrogens (tertiary/aromatic N) is 2. The van der Waals surface area contributed by atoms with Crippen LogP contribution in [0.5, 0.6) is 11.8 Å². The van der Waals surface area contributed by atoms with Crippen molar-refractivity contribution in [1.82, 2.24) is 15.3 Å². The van der Waals surface area contributed by atoms with Crippen LogP contribution in [0.1, 0.15) is 19.4 Å². The molecule has 6 heteroatoms. The molecule has 0 aliphatic heterocycles. The molecule has 0 atom stereocenters. The van der Waals surface area contributed by atoms with Gasteiger partial charge in [0.15, 0.2) is 11.6 Å². The largest absolute Gasteiger partial charge is 0.421 e. The van der Waals surface area contributed by atoms with Gasteiger partial charge in [0, 0.05) is 29.0 Å². The van der Waals surface area contributed by atoms with E-state index < -0.39 is 5.82 Å². The predicted octanol–water partition coefficient (Wildman–Crippen LogP) is 3.92. The summed E-state index contributed by atoms with van der Waals surface area (Å²) in [6.45, 7) is 5.92. The van der Waals surface area contributed by atoms with Gasteiger partial charge in [-0.2, -0.15) is 0 Å². The first-order chi connectivity index (χ1) is 10.0. The van der Waals surface area contributed by atoms with E-state index in [1.54, 1.807) is 18.5 Å². The van der Waals surface area contributed by atoms with Crippen molar-refractivity contribution in [2.75, 3.05) is 6.54 Å². The predicted molar refractivity (Wildman–Crippen MR) is 82.8 cm³/mol. The second-order valence-electron chi connectivity index (χ2n) is 5.08. The van der Waals surface area contributed by atoms with Crippen molar-refractivity contribution in [1.29, 1.82) is 0 Å². The molecule has 4 nitrogen and oxygen atoms in total. The Morgan fingerprint density at radius 3 is 2.67 bits per heavy atom. The average molecular weight is 354 g/mol. The van der Waals surface area contributed by atoms with Crippen LogP contribution in [-0.4, -0.2) is 16.5 Å². The third-order valence-corrected chi connectivity index (χ3v) is 3.15. The van der Waals surface area contributed by atoms with Crippen LogP contribution in [0.4, 0.5) is 4.39 Å². The summed E-state index contributed by atoms with van der Waals surface area (Å²) in [6.07, 6.45) is 3.34. The second kappa shape index (κ2) is 7.47. The van der Waals surface area contributed by atoms with Crippen molar-refractivity contribution in [2.24, 2.45) is 5.92 Å². The third kappa shape index (κ3) is 5.06. The Balaban J connectivity index is 1.97. The number of ether oxygens (including phenoxy) is 1. The smallest absolute Gasteiger partial charge is 0.321 e. The number of hydrogen-bond donors (Lipinski definition) is 1. The molecule has 2 aromatic rings. The molecule has 1 N–H and O–H groups in total. The summed E-state index contributed by atoms with van der Waals surface area (Å²) in [4.78, 5) is 8.17. The lowest BCUT2D eigenvalue weighted by Crippen LogP contribution is -2.19. The van der Waals surface area contributed by atoms with E-state index in [9.17, 15) is 4.39 Å². The van der Waals surface area contributed by atoms with Crippen LogP contribution >= 0.6 is 15.9 Å². The minimum Gasteiger partial charge on any atom is -0.421 e. The van der Waals surface area contributed by atoms with Crippen LogP contribution in [0.25, 0.3) is 0 Å². The minimum absolute atomic E-state index is 0.0926. The van der Waals surface area contributed by atoms with Gasteiger partial charge >= 0.3 is 6.01 Å². The zero-order valence-corrected chi connectivity index (χ0v) is 13.5. The van der Waals surface area contributed by atoms with Crippen molar-refractivity contribution in [2.45, 2.75) is 20.4 Å². The maximum atomic E-state index is 13.6. The van der Waals surface area contributed by atoms with E-state index in [0.29, 0.717) is 12.5 Å². The molecule has 2 rings (SSSR count). The van der Waals surface area contributed by atoms with Crippen LogP contribution in [0.2, 0.25) is 0 Å². The highest BCUT2D eigenvalue weighted by Gasteiger charge is 2.07. The Bertz CT molecular complexity index is 590. The summed E-state index contributed by atoms with van der Waals surface area (Å²) in [7, 11) is 0. The molecule has 1 aromatic heterocycles. The van der Waals surface area contributed by atoms with E-state index in [0.717, 1.165) is 16.6 Å². The fourth-order valence-corrected chi connectivity index (χ4v) is 1.99. The highest BCUT2D eigenvalue weighted by Crippen LogP contribution is 2.25. The maximum Gasteiger partial charge on any atom is 0.321 e. The zero-order valence-electron chi connectivity index (χ0n) is 11.9. The van der Waals surface area contributed by atoms with Crippen LogP contribution < -0.4 is 10.1 Å². The van der Waals surface area contributed by atoms with Crippen molar-refractivity contribution in [3.05, 3.63) is 46.4 Å². The van der Waals surface area contributed by atoms with Crippen molar-refractivity contribution in [3.63, 3.8) is 0 Å². The Morgan fingerprint density at radius 1 is 1.29 bits per heavy atom. The summed E-state index contributed by atoms with van der Waals surface area (Å²) in [5.41, 5.74) is 0.956. The molecule has 0 fully saturated rings. The highest BCUT2D eigenvalue weighted by atomic mass is 79.9. The standard InChI is InChI=1S/C15H17BrFN3O/c1-10(2)6-18-7-11-8-19-15(20-9-11)21-14-5-12(16)3-4-13(14)17/h3-5,8-10,18H,6-7H2,1-2H3. The molecule has 0 aliphatic carbocycles. The van der Waals surface area contributed by atoms with Crippen molar-refractivity contribution < 1.29 is 9.13 Å². The SMILES string of the molecule is CC(C)CNCc1cnc(Oc2cc(Br)ccc2F)nc1. The Hall–Kier alpha value is -1.53. The van der Waals surface area contributed by atoms with Crippen LogP contribution in [0, 0.1) is 11.7 Å². The van der Waals surface area contributed by atoms with Crippen LogP contribution in [0.15, 0.2) is 35.1 Å². The van der Waals surface area contributed by atoms with Gasteiger partial charge in [-0.3, -0.25) is 0 Å². The molecule has 0 unspecified atom stereocenters. The summed E-state index contributed by atoms with van der Waals surface area (Å²) in [5.74, 6) is 0.229. The van der Waals surface area contributed by atoms with E-state index in [2.05, 4.69) is 45.1 Å². The summed E-state index contributed by atoms with van der Waals surface area (Å²) in [6, 6.07) is 4.59. The molecule has 0 aliphatic rings. The molecule has 0 amide bonds. The highest BCUT2D eigenvalue weighted by molar-refractivity contribution is 9.10. The van der Waals surface area contributed by atoms with E-state index >= 15 is 0 Å². The van der Waals surface area contributed by atoms with Gasteiger partial charge in [0.1, 0.15) is 0 Å². The Kier molecular flexibility index (Phi) is 5.64. The first-order valence-electron chi connectivity index (χ1n) is 6.69. The Morgan fingerprint density at radius 2 is 2.00 bits per heavy atom. The molecule has 112 valence electrons. The van der Waals surface area contributed by atoms with E-state index in [1.807, 2.05) is 0 Å². The normalized spacial score (nSPS) is 10.9. The van der Waals surface area contributed by atoms with Crippen molar-refractivity contribution in [3.8, 4) is 11.8 Å². The lowest BCUT2D eigenvalue weighted by atomic mass is 10.2. The summed E-state index contributed by atoms with van der Waals surface area (Å²) in [5, 5.41) is 3.30. The van der Waals surface area contributed by atoms with Crippen LogP contribution in [-0.2, 0) is 6.54 Å². The lowest BCUT2D eigenvalue weighted by Gasteiger charge is -2.08. The number of nitrogens with one attached hydrogen (secondary N) is 1. The first kappa shape index (κ1) is 15.9. The average Bonchev–Trinajstić information content (AvgIpc) is 2.44. The van der Waals surface area contributed by atoms with Gasteiger partial charge in [-0.25, -0.2) is 14.4 Å². The third-order valence-electron chi connectivity index (χ3n) is 2.66. The fourth-order valence-electron chi connectivity index (χ4n) is 1.65. The molecule has 1 heterocycles. The lowest BCUT2D eigenvalue weighted by molar-refractivity contribution is 0.410. The maximum absolute atomic E-state index is 13.6. The van der Waals surface area contributed by atoms with E-state index in [4.69, 9.17) is 4.74 Å². The second-order valence-corrected chi connectivity index (χ2v) is 5.99. The van der Waals surface area contributed by atoms with Crippen molar-refractivity contribution >= 4 is 15.9 Å². The number of hydrogen-bond acceptors (Lipinski definition) is 4. The molecule has 0 bridgehead atoms. The van der Waals surface area contributed by atoms with Crippen LogP contribution in [0.3, 0.4) is 0 Å². The quantitative estimate of drug-likeness (QED) is 0.854. The topological polar surface area (TPSA) is 47.0 Å². The van der Waals surface area contributed by atoms with Gasteiger partial charge in [0.25, 0.3) is 0 Å². The first-order valence-corrected chi connectivity index (χ1v) is 7.48. The molecule has 0 saturated carbocycles. The van der Waals surface area contributed by atoms with Gasteiger partial charge in [0.2, 0.25) is 0 Å². The molecule has 0 spiro atoms. The monoisotopic (exact) mass is 353 g/mol. The van der Waals surface area contributed by atoms with Gasteiger partial charge in [0.05, 0.1) is 0 Å². The molecule has 0 radical (unpaired) electrons. The number of benzene rings is 1. The van der Waals surface area contributed by atoms with Gasteiger partial charge < -0.3 is 10.1 Å². The Labute approximate surface area is 131 Å². The summed E-state index contributed by atoms with van der Waals surface area (Å²) >= 11 is 3.27. The summed E-state index contributed by atoms with van der Waals surface area (Å²) < 4.78 is 19.6. The fraction of sp³-hybridized carbons (Fsp3) is 0.333. The van der Waals surface area contributed by atoms with E-state index in [-0.39, 0.29) is 11.8 Å². The zero-order chi connectivity index (χ0) is 15.2. The molecular weight excluding hydrogens is 337 g/mol.